The molecule has 0 bridgehead atoms. The van der Waals surface area contributed by atoms with Crippen LogP contribution in [0, 0.1) is 4.91 Å². The van der Waals surface area contributed by atoms with E-state index in [0.717, 1.165) is 0 Å². The third kappa shape index (κ3) is 1.43. The minimum Gasteiger partial charge on any atom is -0.382 e. The molecule has 0 fully saturated rings. The molecule has 0 spiro atoms. The predicted molar refractivity (Wildman–Crippen MR) is 38.9 cm³/mol. The molecule has 1 heterocycles. The number of pyridine rings is 1. The Balaban J connectivity index is 3.12. The molecule has 1 aromatic heterocycles. The van der Waals surface area contributed by atoms with Crippen LogP contribution >= 0.6 is 0 Å². The van der Waals surface area contributed by atoms with Gasteiger partial charge in [0.1, 0.15) is 11.9 Å². The molecule has 0 aliphatic heterocycles. The van der Waals surface area contributed by atoms with Crippen LogP contribution in [0.15, 0.2) is 18.5 Å². The van der Waals surface area contributed by atoms with Crippen LogP contribution in [0.5, 0.6) is 0 Å². The Kier molecular flexibility index (Phi) is 2.00. The monoisotopic (exact) mass is 154 g/mol. The van der Waals surface area contributed by atoms with Gasteiger partial charge in [-0.3, -0.25) is 4.98 Å². The number of nitrogens with one attached hydrogen (secondary N) is 1. The van der Waals surface area contributed by atoms with Gasteiger partial charge in [-0.2, -0.15) is 0 Å². The fraction of sp³-hybridized carbons (Fsp3) is 0.167. The normalized spacial score (nSPS) is 9.18. The summed E-state index contributed by atoms with van der Waals surface area (Å²) in [4.78, 5) is 13.9. The van der Waals surface area contributed by atoms with Crippen LogP contribution in [0.1, 0.15) is 0 Å². The smallest absolute Gasteiger partial charge is 0.357 e. The molecule has 0 radical (unpaired) electrons. The molecule has 0 aromatic carbocycles. The Labute approximate surface area is 63.2 Å². The fourth-order valence-corrected chi connectivity index (χ4v) is 0.750. The molecule has 11 heavy (non-hydrogen) atoms. The lowest BCUT2D eigenvalue weighted by Crippen LogP contribution is -1.98. The fourth-order valence-electron chi connectivity index (χ4n) is 0.750. The van der Waals surface area contributed by atoms with E-state index in [1.54, 1.807) is 13.1 Å². The second-order valence-electron chi connectivity index (χ2n) is 1.92. The lowest BCUT2D eigenvalue weighted by molar-refractivity contribution is -0.729. The van der Waals surface area contributed by atoms with E-state index >= 15 is 0 Å². The van der Waals surface area contributed by atoms with Crippen molar-refractivity contribution in [2.24, 2.45) is 0 Å². The second-order valence-corrected chi connectivity index (χ2v) is 1.92. The average Bonchev–Trinajstić information content (AvgIpc) is 2.04. The minimum absolute atomic E-state index is 0.106. The molecule has 58 valence electrons. The first kappa shape index (κ1) is 7.46. The van der Waals surface area contributed by atoms with Crippen LogP contribution in [0.2, 0.25) is 0 Å². The van der Waals surface area contributed by atoms with Gasteiger partial charge in [0.05, 0.1) is 4.91 Å². The van der Waals surface area contributed by atoms with E-state index in [1.165, 1.54) is 12.4 Å². The minimum atomic E-state index is -0.223. The summed E-state index contributed by atoms with van der Waals surface area (Å²) in [6, 6.07) is 1.59. The van der Waals surface area contributed by atoms with E-state index in [0.29, 0.717) is 5.69 Å². The molecule has 5 nitrogen and oxygen atoms in total. The van der Waals surface area contributed by atoms with E-state index in [9.17, 15) is 4.91 Å². The first-order valence-electron chi connectivity index (χ1n) is 3.03. The van der Waals surface area contributed by atoms with Crippen molar-refractivity contribution in [2.45, 2.75) is 0 Å². The number of hydrogen-bond acceptors (Lipinski definition) is 3. The quantitative estimate of drug-likeness (QED) is 0.622. The van der Waals surface area contributed by atoms with Gasteiger partial charge in [-0.05, 0) is 6.07 Å². The van der Waals surface area contributed by atoms with Crippen molar-refractivity contribution in [3.63, 3.8) is 0 Å². The average molecular weight is 154 g/mol. The zero-order valence-electron chi connectivity index (χ0n) is 5.98. The maximum absolute atomic E-state index is 10.4. The number of nitrogens with zero attached hydrogens (tertiary/aromatic N) is 2. The molecule has 0 unspecified atom stereocenters. The van der Waals surface area contributed by atoms with Gasteiger partial charge in [0.25, 0.3) is 4.92 Å². The van der Waals surface area contributed by atoms with Gasteiger partial charge in [-0.15, -0.1) is 0 Å². The van der Waals surface area contributed by atoms with Crippen molar-refractivity contribution in [1.82, 2.24) is 4.98 Å². The van der Waals surface area contributed by atoms with Crippen molar-refractivity contribution in [2.75, 3.05) is 12.4 Å². The van der Waals surface area contributed by atoms with Crippen LogP contribution in [0.25, 0.3) is 0 Å². The summed E-state index contributed by atoms with van der Waals surface area (Å²) < 4.78 is 0. The van der Waals surface area contributed by atoms with Crippen LogP contribution in [-0.2, 0) is 0 Å². The van der Waals surface area contributed by atoms with Gasteiger partial charge in [0.2, 0.25) is 0 Å². The molecule has 0 aliphatic carbocycles. The van der Waals surface area contributed by atoms with E-state index in [-0.39, 0.29) is 10.6 Å². The van der Waals surface area contributed by atoms with Gasteiger partial charge >= 0.3 is 5.69 Å². The number of hydrogen-bond donors (Lipinski definition) is 2. The zero-order valence-corrected chi connectivity index (χ0v) is 5.98. The Bertz CT molecular complexity index is 274. The summed E-state index contributed by atoms with van der Waals surface area (Å²) in [5.74, 6) is 0. The molecule has 1 rings (SSSR count). The first-order valence-corrected chi connectivity index (χ1v) is 3.03. The highest BCUT2D eigenvalue weighted by Gasteiger charge is 2.16. The maximum atomic E-state index is 10.4. The standard InChI is InChI=1S/C6H8N3O2/c1-7-5-2-3-8-4-6(5)9(10)11/h2-4H,1H3,(H,7,8)(H,10,11)/q+1. The van der Waals surface area contributed by atoms with Crippen LogP contribution in [-0.4, -0.2) is 22.2 Å². The van der Waals surface area contributed by atoms with E-state index in [1.807, 2.05) is 0 Å². The summed E-state index contributed by atoms with van der Waals surface area (Å²) in [6.07, 6.45) is 2.80. The van der Waals surface area contributed by atoms with Crippen molar-refractivity contribution in [3.05, 3.63) is 23.4 Å². The highest BCUT2D eigenvalue weighted by molar-refractivity contribution is 5.58. The number of anilines is 1. The molecule has 0 saturated heterocycles. The molecule has 5 heteroatoms. The molecular formula is C6H8N3O2+. The van der Waals surface area contributed by atoms with Gasteiger partial charge in [-0.1, -0.05) is 0 Å². The molecule has 1 aromatic rings. The van der Waals surface area contributed by atoms with Gasteiger partial charge in [0.15, 0.2) is 0 Å². The van der Waals surface area contributed by atoms with Gasteiger partial charge in [-0.25, -0.2) is 5.21 Å². The molecule has 0 aliphatic rings. The molecule has 0 saturated carbocycles. The highest BCUT2D eigenvalue weighted by Crippen LogP contribution is 2.19. The Morgan fingerprint density at radius 3 is 2.91 bits per heavy atom. The van der Waals surface area contributed by atoms with Gasteiger partial charge in [0, 0.05) is 13.2 Å². The molecule has 2 N–H and O–H groups in total. The van der Waals surface area contributed by atoms with Crippen molar-refractivity contribution >= 4 is 11.4 Å². The number of aromatic nitrogens is 1. The molecular weight excluding hydrogens is 146 g/mol. The third-order valence-corrected chi connectivity index (χ3v) is 1.28. The topological polar surface area (TPSA) is 65.2 Å². The van der Waals surface area contributed by atoms with Crippen molar-refractivity contribution < 1.29 is 10.1 Å². The van der Waals surface area contributed by atoms with Crippen molar-refractivity contribution in [1.29, 1.82) is 0 Å². The molecule has 0 amide bonds. The zero-order chi connectivity index (χ0) is 8.27. The lowest BCUT2D eigenvalue weighted by atomic mass is 10.3. The summed E-state index contributed by atoms with van der Waals surface area (Å²) in [7, 11) is 1.66. The van der Waals surface area contributed by atoms with Crippen LogP contribution in [0.4, 0.5) is 11.4 Å². The Morgan fingerprint density at radius 1 is 1.73 bits per heavy atom. The van der Waals surface area contributed by atoms with Crippen molar-refractivity contribution in [3.8, 4) is 0 Å². The lowest BCUT2D eigenvalue weighted by Gasteiger charge is -1.95. The third-order valence-electron chi connectivity index (χ3n) is 1.28. The van der Waals surface area contributed by atoms with E-state index in [2.05, 4.69) is 10.3 Å². The summed E-state index contributed by atoms with van der Waals surface area (Å²) in [5.41, 5.74) is 0.646. The number of rotatable bonds is 2. The maximum Gasteiger partial charge on any atom is 0.357 e. The largest absolute Gasteiger partial charge is 0.382 e. The SMILES string of the molecule is CNc1ccncc1[N+](=O)O. The first-order chi connectivity index (χ1) is 5.25. The van der Waals surface area contributed by atoms with Gasteiger partial charge < -0.3 is 5.32 Å². The van der Waals surface area contributed by atoms with E-state index in [4.69, 9.17) is 5.21 Å². The Hall–Kier alpha value is -1.65. The molecule has 0 atom stereocenters. The van der Waals surface area contributed by atoms with Crippen LogP contribution < -0.4 is 5.32 Å². The van der Waals surface area contributed by atoms with E-state index < -0.39 is 0 Å². The highest BCUT2D eigenvalue weighted by atomic mass is 16.6. The van der Waals surface area contributed by atoms with Crippen LogP contribution in [0.3, 0.4) is 0 Å². The predicted octanol–water partition coefficient (Wildman–Crippen LogP) is 0.923. The summed E-state index contributed by atoms with van der Waals surface area (Å²) >= 11 is 0. The summed E-state index contributed by atoms with van der Waals surface area (Å²) in [5, 5.41) is 11.3. The Morgan fingerprint density at radius 2 is 2.45 bits per heavy atom. The summed E-state index contributed by atoms with van der Waals surface area (Å²) in [6.45, 7) is 0. The second kappa shape index (κ2) is 2.96.